The number of rotatable bonds is 12. The van der Waals surface area contributed by atoms with Gasteiger partial charge in [-0.2, -0.15) is 0 Å². The Labute approximate surface area is 760 Å². The fraction of sp³-hybridized carbons (Fsp3) is 0.527. The van der Waals surface area contributed by atoms with Crippen LogP contribution in [0.4, 0.5) is 10.0 Å². The van der Waals surface area contributed by atoms with Gasteiger partial charge in [-0.05, 0) is 482 Å². The molecule has 0 amide bonds. The van der Waals surface area contributed by atoms with E-state index >= 15 is 0 Å². The lowest BCUT2D eigenvalue weighted by atomic mass is 9.79. The second-order valence-corrected chi connectivity index (χ2v) is 42.5. The van der Waals surface area contributed by atoms with Crippen LogP contribution in [0.1, 0.15) is 288 Å². The lowest BCUT2D eigenvalue weighted by Crippen LogP contribution is -2.12. The third-order valence-corrected chi connectivity index (χ3v) is 36.7. The summed E-state index contributed by atoms with van der Waals surface area (Å²) in [4.78, 5) is 14.9. The van der Waals surface area contributed by atoms with Crippen LogP contribution < -0.4 is 9.80 Å². The fourth-order valence-corrected chi connectivity index (χ4v) is 26.3. The molecule has 0 radical (unpaired) electrons. The second-order valence-electron chi connectivity index (χ2n) is 38.5. The molecule has 2 aromatic rings. The Morgan fingerprint density at radius 3 is 0.803 bits per heavy atom. The minimum atomic E-state index is 1.07. The van der Waals surface area contributed by atoms with Gasteiger partial charge in [0.1, 0.15) is 56.4 Å². The van der Waals surface area contributed by atoms with Crippen molar-refractivity contribution in [1.29, 1.82) is 0 Å². The van der Waals surface area contributed by atoms with Crippen molar-refractivity contribution in [1.82, 2.24) is 9.80 Å². The van der Waals surface area contributed by atoms with Crippen LogP contribution in [0.5, 0.6) is 0 Å². The predicted molar refractivity (Wildman–Crippen MR) is 548 cm³/mol. The fourth-order valence-electron chi connectivity index (χ4n) is 21.2. The van der Waals surface area contributed by atoms with Crippen LogP contribution in [0.2, 0.25) is 0 Å². The topological polar surface area (TPSA) is 25.0 Å². The lowest BCUT2D eigenvalue weighted by Gasteiger charge is -2.26. The molecule has 0 atom stereocenters. The normalized spacial score (nSPS) is 22.1. The van der Waals surface area contributed by atoms with E-state index in [-0.39, 0.29) is 0 Å². The molecule has 0 bridgehead atoms. The van der Waals surface area contributed by atoms with Crippen LogP contribution >= 0.6 is 46.2 Å². The van der Waals surface area contributed by atoms with Gasteiger partial charge >= 0.3 is 0 Å². The minimum Gasteiger partial charge on any atom is -0.380 e. The zero-order chi connectivity index (χ0) is 91.4. The highest BCUT2D eigenvalue weighted by Gasteiger charge is 2.37. The summed E-state index contributed by atoms with van der Waals surface area (Å²) in [6.07, 6.45) is 16.3. The predicted octanol–water partition coefficient (Wildman–Crippen LogP) is 28.9. The first-order valence-corrected chi connectivity index (χ1v) is 48.5. The van der Waals surface area contributed by atoms with Crippen molar-refractivity contribution >= 4 is 88.9 Å². The average molecular weight is 1720 g/mol. The van der Waals surface area contributed by atoms with Crippen LogP contribution in [0.3, 0.4) is 0 Å². The van der Waals surface area contributed by atoms with Crippen LogP contribution in [-0.4, -0.2) is 162 Å². The Hall–Kier alpha value is -7.22. The van der Waals surface area contributed by atoms with E-state index < -0.39 is 0 Å². The van der Waals surface area contributed by atoms with Crippen LogP contribution in [-0.2, 0) is 0 Å². The Morgan fingerprint density at radius 2 is 0.525 bits per heavy atom. The second kappa shape index (κ2) is 39.8. The maximum absolute atomic E-state index is 2.38. The van der Waals surface area contributed by atoms with E-state index in [4.69, 9.17) is 0 Å². The van der Waals surface area contributed by atoms with Gasteiger partial charge < -0.3 is 19.6 Å². The summed E-state index contributed by atoms with van der Waals surface area (Å²) in [5.74, 6) is 0. The Kier molecular flexibility index (Phi) is 32.1. The smallest absolute Gasteiger partial charge is 0.242 e. The molecular formula is C110H160N8S4+4. The van der Waals surface area contributed by atoms with E-state index in [9.17, 15) is 0 Å². The molecule has 8 aliphatic carbocycles. The molecular weight excluding hydrogens is 1560 g/mol. The maximum atomic E-state index is 2.38. The van der Waals surface area contributed by atoms with Crippen molar-refractivity contribution in [2.45, 2.75) is 284 Å². The van der Waals surface area contributed by atoms with Gasteiger partial charge in [-0.25, -0.2) is 18.3 Å². The quantitative estimate of drug-likeness (QED) is 0.196. The van der Waals surface area contributed by atoms with Crippen molar-refractivity contribution < 1.29 is 18.3 Å². The van der Waals surface area contributed by atoms with Gasteiger partial charge in [-0.3, -0.25) is 0 Å². The molecule has 4 heterocycles. The third-order valence-electron chi connectivity index (χ3n) is 30.0. The van der Waals surface area contributed by atoms with Crippen LogP contribution in [0.25, 0.3) is 11.1 Å². The van der Waals surface area contributed by atoms with Crippen molar-refractivity contribution in [2.24, 2.45) is 0 Å². The number of anilines is 2. The third kappa shape index (κ3) is 19.2. The number of thioether (sulfide) groups is 2. The van der Waals surface area contributed by atoms with Crippen molar-refractivity contribution in [2.75, 3.05) is 123 Å². The van der Waals surface area contributed by atoms with E-state index in [1.807, 2.05) is 46.2 Å². The largest absolute Gasteiger partial charge is 0.380 e. The Morgan fingerprint density at radius 1 is 0.238 bits per heavy atom. The first-order valence-electron chi connectivity index (χ1n) is 45.2. The number of thiophene rings is 2. The van der Waals surface area contributed by atoms with Crippen molar-refractivity contribution in [3.05, 3.63) is 243 Å². The number of hydrogen-bond acceptors (Lipinski definition) is 8. The van der Waals surface area contributed by atoms with Crippen molar-refractivity contribution in [3.63, 3.8) is 0 Å². The molecule has 0 N–H and O–H groups in total. The van der Waals surface area contributed by atoms with Gasteiger partial charge in [-0.15, -0.1) is 22.7 Å². The van der Waals surface area contributed by atoms with Crippen LogP contribution in [0, 0.1) is 27.7 Å². The molecule has 0 unspecified atom stereocenters. The average Bonchev–Trinajstić information content (AvgIpc) is 1.59. The molecule has 0 fully saturated rings. The summed E-state index contributed by atoms with van der Waals surface area (Å²) in [6, 6.07) is 0. The molecule has 0 spiro atoms. The molecule has 12 rings (SSSR count). The van der Waals surface area contributed by atoms with Crippen molar-refractivity contribution in [3.8, 4) is 0 Å². The molecule has 10 aliphatic rings. The summed E-state index contributed by atoms with van der Waals surface area (Å²) in [5.41, 5.74) is 66.0. The molecule has 0 saturated carbocycles. The Balaban J connectivity index is 0.000000185. The Bertz CT molecular complexity index is 5580. The van der Waals surface area contributed by atoms with Gasteiger partial charge in [0.05, 0.1) is 22.8 Å². The van der Waals surface area contributed by atoms with Gasteiger partial charge in [-0.1, -0.05) is 0 Å². The molecule has 0 saturated heterocycles. The van der Waals surface area contributed by atoms with E-state index in [0.717, 1.165) is 38.5 Å². The summed E-state index contributed by atoms with van der Waals surface area (Å²) in [7, 11) is 34.6. The van der Waals surface area contributed by atoms with E-state index in [1.54, 1.807) is 66.9 Å². The minimum absolute atomic E-state index is 1.07. The monoisotopic (exact) mass is 1720 g/mol. The van der Waals surface area contributed by atoms with Gasteiger partial charge in [0.2, 0.25) is 10.1 Å². The SMILES string of the molecule is CC1=C(C)/C(=C(/C)C2=C(C)/C(=C(\C)C3=C(C)C(C)=C(N(C)C)C3)CC2)CC1=[N+](C)C.CC1=C(C)/C(=C(/C)C2=C(C)/C(=C(\C)C3=C(C)C(C)=C(N(C)C)C3)CCC2)CC1=[N+](C)C.CC1=C(C)/C(=C(/C)C2=C(C)/C(=C(\C)c3sc(N(C)C)c(C)c3C)CC2)SC1=[N+](C)C.CC1=C(C)/C(=C(/C)C2=C(C)/C(=C(\C)c3sc(N(C)C)c(C)c3C)CCC2)SC1=[N+](C)C. The molecule has 660 valence electrons. The zero-order valence-electron chi connectivity index (χ0n) is 85.1. The highest BCUT2D eigenvalue weighted by molar-refractivity contribution is 8.18. The first-order chi connectivity index (χ1) is 56.9. The standard InChI is InChI=1S/C29H43N2.C28H41N2.C27H39N2S2.C26H37N2S2/c1-17-19(3)28(30(8)9)15-26(17)22(6)24-13-12-14-25(21(24)5)23(7)27-16-29(31(10)11)20(4)18(27)2;1-16-18(3)27(29(8)9)14-25(16)21(6)23-12-13-24(20(23)5)22(7)26-15-28(30(10)11)19(4)17(26)2;1-15-17(3)26(28(8)9)30-24(15)20(6)22-13-12-14-23(19(22)5)21(7)25-16(2)18(4)27(31-25)29(10)11;1-14-16(3)25(27(8)9)29-23(14)19(6)21-12-13-22(18(21)5)20(7)24-15(2)17(4)26(30-24)28(10)11/h12-16H2,1-11H3;12-15H2,1-11H3;12-14H2,1-11H3;12-13H2,1-11H3/q4*+1. The summed E-state index contributed by atoms with van der Waals surface area (Å²) >= 11 is 7.79. The van der Waals surface area contributed by atoms with Gasteiger partial charge in [0.25, 0.3) is 0 Å². The summed E-state index contributed by atoms with van der Waals surface area (Å²) in [6.45, 7) is 64.8. The summed E-state index contributed by atoms with van der Waals surface area (Å²) < 4.78 is 9.09. The number of allylic oxidation sites excluding steroid dienone is 34. The molecule has 12 heteroatoms. The molecule has 2 aliphatic heterocycles. The summed E-state index contributed by atoms with van der Waals surface area (Å²) in [5, 5.41) is 5.53. The zero-order valence-corrected chi connectivity index (χ0v) is 88.4. The number of nitrogens with zero attached hydrogens (tertiary/aromatic N) is 8. The lowest BCUT2D eigenvalue weighted by molar-refractivity contribution is -0.464. The van der Waals surface area contributed by atoms with E-state index in [0.29, 0.717) is 0 Å². The molecule has 8 nitrogen and oxygen atoms in total. The number of hydrogen-bond donors (Lipinski definition) is 0. The van der Waals surface area contributed by atoms with E-state index in [1.165, 1.54) is 270 Å². The van der Waals surface area contributed by atoms with E-state index in [2.05, 4.69) is 345 Å². The highest BCUT2D eigenvalue weighted by atomic mass is 32.2. The van der Waals surface area contributed by atoms with Gasteiger partial charge in [0.15, 0.2) is 11.4 Å². The molecule has 0 aromatic carbocycles. The highest BCUT2D eigenvalue weighted by Crippen LogP contribution is 2.53. The first kappa shape index (κ1) is 98.6. The molecule has 122 heavy (non-hydrogen) atoms. The maximum Gasteiger partial charge on any atom is 0.242 e. The van der Waals surface area contributed by atoms with Gasteiger partial charge in [0, 0.05) is 122 Å². The molecule has 2 aromatic heterocycles. The van der Waals surface area contributed by atoms with Crippen LogP contribution in [0.15, 0.2) is 211 Å².